The molecule has 0 spiro atoms. The highest BCUT2D eigenvalue weighted by molar-refractivity contribution is 6.34. The number of halogens is 2. The van der Waals surface area contributed by atoms with Crippen LogP contribution in [0.3, 0.4) is 0 Å². The van der Waals surface area contributed by atoms with Crippen molar-refractivity contribution in [3.05, 3.63) is 68.0 Å². The van der Waals surface area contributed by atoms with E-state index in [4.69, 9.17) is 23.2 Å². The zero-order chi connectivity index (χ0) is 17.2. The summed E-state index contributed by atoms with van der Waals surface area (Å²) in [4.78, 5) is 25.5. The van der Waals surface area contributed by atoms with Crippen LogP contribution in [0.15, 0.2) is 35.7 Å². The van der Waals surface area contributed by atoms with E-state index in [-0.39, 0.29) is 23.0 Å². The molecular weight excluding hydrogens is 347 g/mol. The number of carbonyl (C=O) groups excluding carboxylic acids is 2. The summed E-state index contributed by atoms with van der Waals surface area (Å²) in [6, 6.07) is 6.77. The summed E-state index contributed by atoms with van der Waals surface area (Å²) in [5.74, 6) is -0.494. The fourth-order valence-corrected chi connectivity index (χ4v) is 3.71. The molecular formula is C18H12Cl2N2O2. The Morgan fingerprint density at radius 2 is 1.08 bits per heavy atom. The van der Waals surface area contributed by atoms with Crippen molar-refractivity contribution in [2.75, 3.05) is 10.6 Å². The number of ketones is 2. The molecule has 2 aliphatic heterocycles. The number of allylic oxidation sites excluding steroid dienone is 2. The molecule has 0 aliphatic carbocycles. The Morgan fingerprint density at radius 3 is 1.46 bits per heavy atom. The minimum absolute atomic E-state index is 0.243. The summed E-state index contributed by atoms with van der Waals surface area (Å²) < 4.78 is 0. The molecule has 24 heavy (non-hydrogen) atoms. The van der Waals surface area contributed by atoms with E-state index in [2.05, 4.69) is 10.6 Å². The Balaban J connectivity index is 1.86. The summed E-state index contributed by atoms with van der Waals surface area (Å²) in [5, 5.41) is 7.13. The number of benzene rings is 2. The van der Waals surface area contributed by atoms with Crippen LogP contribution in [0.5, 0.6) is 0 Å². The van der Waals surface area contributed by atoms with Gasteiger partial charge in [0.05, 0.1) is 11.4 Å². The van der Waals surface area contributed by atoms with Crippen molar-refractivity contribution < 1.29 is 9.59 Å². The zero-order valence-electron chi connectivity index (χ0n) is 12.9. The van der Waals surface area contributed by atoms with Crippen molar-refractivity contribution in [1.82, 2.24) is 0 Å². The van der Waals surface area contributed by atoms with E-state index in [0.717, 1.165) is 11.1 Å². The van der Waals surface area contributed by atoms with Crippen LogP contribution in [-0.2, 0) is 0 Å². The average Bonchev–Trinajstić information content (AvgIpc) is 2.99. The molecule has 120 valence electrons. The van der Waals surface area contributed by atoms with Gasteiger partial charge in [0, 0.05) is 21.2 Å². The molecule has 0 atom stereocenters. The van der Waals surface area contributed by atoms with Gasteiger partial charge in [-0.25, -0.2) is 0 Å². The lowest BCUT2D eigenvalue weighted by atomic mass is 10.0. The second-order valence-corrected chi connectivity index (χ2v) is 6.82. The highest BCUT2D eigenvalue weighted by atomic mass is 35.5. The van der Waals surface area contributed by atoms with Crippen LogP contribution in [0.1, 0.15) is 31.8 Å². The number of hydrogen-bond acceptors (Lipinski definition) is 4. The number of hydrogen-bond donors (Lipinski definition) is 2. The van der Waals surface area contributed by atoms with E-state index in [1.54, 1.807) is 24.3 Å². The molecule has 0 saturated carbocycles. The number of anilines is 2. The Hall–Kier alpha value is -2.30. The molecule has 4 nitrogen and oxygen atoms in total. The van der Waals surface area contributed by atoms with Gasteiger partial charge in [0.1, 0.15) is 11.4 Å². The second kappa shape index (κ2) is 5.10. The largest absolute Gasteiger partial charge is 0.350 e. The van der Waals surface area contributed by atoms with Gasteiger partial charge in [-0.05, 0) is 49.2 Å². The summed E-state index contributed by atoms with van der Waals surface area (Å²) in [7, 11) is 0. The fraction of sp³-hybridized carbons (Fsp3) is 0.111. The molecule has 0 amide bonds. The van der Waals surface area contributed by atoms with E-state index in [1.165, 1.54) is 0 Å². The fourth-order valence-electron chi connectivity index (χ4n) is 3.16. The van der Waals surface area contributed by atoms with Crippen LogP contribution in [0.4, 0.5) is 11.4 Å². The van der Waals surface area contributed by atoms with Crippen molar-refractivity contribution >= 4 is 46.1 Å². The molecule has 0 aromatic heterocycles. The molecule has 0 unspecified atom stereocenters. The summed E-state index contributed by atoms with van der Waals surface area (Å²) >= 11 is 12.1. The van der Waals surface area contributed by atoms with Crippen LogP contribution in [0.25, 0.3) is 0 Å². The second-order valence-electron chi connectivity index (χ2n) is 5.95. The maximum atomic E-state index is 12.7. The van der Waals surface area contributed by atoms with Gasteiger partial charge in [0.25, 0.3) is 0 Å². The maximum absolute atomic E-state index is 12.7. The zero-order valence-corrected chi connectivity index (χ0v) is 14.4. The normalized spacial score (nSPS) is 18.3. The Kier molecular flexibility index (Phi) is 3.24. The van der Waals surface area contributed by atoms with Gasteiger partial charge in [0.15, 0.2) is 0 Å². The molecule has 0 bridgehead atoms. The molecule has 6 heteroatoms. The first-order valence-electron chi connectivity index (χ1n) is 7.35. The third-order valence-corrected chi connectivity index (χ3v) is 4.73. The van der Waals surface area contributed by atoms with Crippen LogP contribution in [0.2, 0.25) is 10.0 Å². The molecule has 4 rings (SSSR count). The van der Waals surface area contributed by atoms with Gasteiger partial charge < -0.3 is 10.6 Å². The number of nitrogens with one attached hydrogen (secondary N) is 2. The minimum atomic E-state index is -0.247. The molecule has 2 aromatic carbocycles. The van der Waals surface area contributed by atoms with E-state index < -0.39 is 0 Å². The van der Waals surface area contributed by atoms with Crippen LogP contribution in [0, 0.1) is 13.8 Å². The smallest absolute Gasteiger partial charge is 0.213 e. The topological polar surface area (TPSA) is 58.2 Å². The maximum Gasteiger partial charge on any atom is 0.213 e. The Morgan fingerprint density at radius 1 is 0.708 bits per heavy atom. The van der Waals surface area contributed by atoms with E-state index in [0.29, 0.717) is 32.5 Å². The molecule has 0 fully saturated rings. The lowest BCUT2D eigenvalue weighted by Crippen LogP contribution is -2.13. The number of rotatable bonds is 0. The van der Waals surface area contributed by atoms with Crippen molar-refractivity contribution in [2.45, 2.75) is 13.8 Å². The molecule has 2 N–H and O–H groups in total. The van der Waals surface area contributed by atoms with Crippen molar-refractivity contribution in [3.63, 3.8) is 0 Å². The Bertz CT molecular complexity index is 913. The number of carbonyl (C=O) groups is 2. The molecule has 0 saturated heterocycles. The number of aryl methyl sites for hydroxylation is 2. The van der Waals surface area contributed by atoms with Crippen LogP contribution < -0.4 is 10.6 Å². The molecule has 2 aliphatic rings. The first-order chi connectivity index (χ1) is 11.4. The van der Waals surface area contributed by atoms with Gasteiger partial charge >= 0.3 is 0 Å². The standard InChI is InChI=1S/C18H12Cl2N2O2/c1-7-3-9(19)5-11-13(7)21-15(17(11)23)16-18(24)12-6-10(20)4-8(2)14(12)22-16/h3-6,21-22H,1-2H3/b16-15+. The molecule has 0 radical (unpaired) electrons. The quantitative estimate of drug-likeness (QED) is 0.667. The highest BCUT2D eigenvalue weighted by Crippen LogP contribution is 2.39. The molecule has 2 aromatic rings. The minimum Gasteiger partial charge on any atom is -0.350 e. The van der Waals surface area contributed by atoms with E-state index >= 15 is 0 Å². The monoisotopic (exact) mass is 358 g/mol. The van der Waals surface area contributed by atoms with Gasteiger partial charge in [0.2, 0.25) is 11.6 Å². The van der Waals surface area contributed by atoms with Crippen LogP contribution in [-0.4, -0.2) is 11.6 Å². The average molecular weight is 359 g/mol. The first-order valence-corrected chi connectivity index (χ1v) is 8.10. The first kappa shape index (κ1) is 15.2. The third-order valence-electron chi connectivity index (χ3n) is 4.29. The lowest BCUT2D eigenvalue weighted by molar-refractivity contribution is 0.101. The van der Waals surface area contributed by atoms with Crippen molar-refractivity contribution in [3.8, 4) is 0 Å². The number of Topliss-reactive ketones (excluding diaryl/α,β-unsaturated/α-hetero) is 2. The lowest BCUT2D eigenvalue weighted by Gasteiger charge is -2.06. The Labute approximate surface area is 148 Å². The third kappa shape index (κ3) is 2.07. The van der Waals surface area contributed by atoms with E-state index in [1.807, 2.05) is 13.8 Å². The summed E-state index contributed by atoms with van der Waals surface area (Å²) in [6.45, 7) is 3.72. The SMILES string of the molecule is Cc1cc(Cl)cc2c1N/C(=C1/Nc3c(C)cc(Cl)cc3C1=O)C2=O. The summed E-state index contributed by atoms with van der Waals surface area (Å²) in [6.07, 6.45) is 0. The van der Waals surface area contributed by atoms with Gasteiger partial charge in [-0.1, -0.05) is 23.2 Å². The summed E-state index contributed by atoms with van der Waals surface area (Å²) in [5.41, 5.74) is 4.51. The molecule has 2 heterocycles. The van der Waals surface area contributed by atoms with Gasteiger partial charge in [-0.3, -0.25) is 9.59 Å². The van der Waals surface area contributed by atoms with Crippen molar-refractivity contribution in [2.24, 2.45) is 0 Å². The predicted molar refractivity (Wildman–Crippen MR) is 95.3 cm³/mol. The van der Waals surface area contributed by atoms with Gasteiger partial charge in [-0.2, -0.15) is 0 Å². The van der Waals surface area contributed by atoms with E-state index in [9.17, 15) is 9.59 Å². The van der Waals surface area contributed by atoms with Gasteiger partial charge in [-0.15, -0.1) is 0 Å². The highest BCUT2D eigenvalue weighted by Gasteiger charge is 2.36. The number of fused-ring (bicyclic) bond motifs is 2. The van der Waals surface area contributed by atoms with Crippen LogP contribution >= 0.6 is 23.2 Å². The van der Waals surface area contributed by atoms with Crippen molar-refractivity contribution in [1.29, 1.82) is 0 Å². The predicted octanol–water partition coefficient (Wildman–Crippen LogP) is 4.74.